The molecular weight excluding hydrogens is 232 g/mol. The van der Waals surface area contributed by atoms with Crippen LogP contribution in [-0.4, -0.2) is 11.7 Å². The van der Waals surface area contributed by atoms with Crippen molar-refractivity contribution in [3.05, 3.63) is 0 Å². The molecule has 0 aromatic carbocycles. The molecule has 0 amide bonds. The van der Waals surface area contributed by atoms with Gasteiger partial charge in [-0.15, -0.1) is 0 Å². The van der Waals surface area contributed by atoms with Gasteiger partial charge < -0.3 is 5.11 Å². The summed E-state index contributed by atoms with van der Waals surface area (Å²) in [4.78, 5) is 0. The summed E-state index contributed by atoms with van der Waals surface area (Å²) in [6.07, 6.45) is 4.90. The predicted molar refractivity (Wildman–Crippen MR) is 86.3 cm³/mol. The molecule has 0 saturated heterocycles. The van der Waals surface area contributed by atoms with Crippen molar-refractivity contribution in [1.82, 2.24) is 0 Å². The standard InChI is InChI=1S/C18H38O/c1-14(11-17(3,4)5)9-10-16(13-19)15(2)12-18(6,7)8/h14-16,19H,9-13H2,1-8H3/t14-,15-,16+/m0/s1. The second-order valence-electron chi connectivity index (χ2n) is 9.13. The highest BCUT2D eigenvalue weighted by atomic mass is 16.3. The average Bonchev–Trinajstić information content (AvgIpc) is 2.12. The lowest BCUT2D eigenvalue weighted by molar-refractivity contribution is 0.135. The van der Waals surface area contributed by atoms with E-state index in [9.17, 15) is 5.11 Å². The fourth-order valence-corrected chi connectivity index (χ4v) is 3.33. The van der Waals surface area contributed by atoms with Gasteiger partial charge in [0.1, 0.15) is 0 Å². The Morgan fingerprint density at radius 2 is 1.26 bits per heavy atom. The third kappa shape index (κ3) is 10.4. The summed E-state index contributed by atoms with van der Waals surface area (Å²) in [6.45, 7) is 18.8. The summed E-state index contributed by atoms with van der Waals surface area (Å²) in [5.41, 5.74) is 0.787. The van der Waals surface area contributed by atoms with Gasteiger partial charge in [0.15, 0.2) is 0 Å². The molecule has 1 heteroatoms. The third-order valence-corrected chi connectivity index (χ3v) is 3.96. The van der Waals surface area contributed by atoms with Crippen LogP contribution in [0.4, 0.5) is 0 Å². The van der Waals surface area contributed by atoms with E-state index >= 15 is 0 Å². The Hall–Kier alpha value is -0.0400. The molecule has 0 aromatic heterocycles. The molecule has 1 N–H and O–H groups in total. The first kappa shape index (κ1) is 19.0. The van der Waals surface area contributed by atoms with E-state index in [-0.39, 0.29) is 0 Å². The van der Waals surface area contributed by atoms with E-state index in [2.05, 4.69) is 55.4 Å². The molecule has 1 nitrogen and oxygen atoms in total. The van der Waals surface area contributed by atoms with Gasteiger partial charge in [-0.25, -0.2) is 0 Å². The molecule has 3 atom stereocenters. The Morgan fingerprint density at radius 1 is 0.789 bits per heavy atom. The number of aliphatic hydroxyl groups excluding tert-OH is 1. The summed E-state index contributed by atoms with van der Waals surface area (Å²) in [5, 5.41) is 9.64. The monoisotopic (exact) mass is 270 g/mol. The third-order valence-electron chi connectivity index (χ3n) is 3.96. The van der Waals surface area contributed by atoms with Crippen LogP contribution in [0.3, 0.4) is 0 Å². The van der Waals surface area contributed by atoms with Crippen molar-refractivity contribution in [2.24, 2.45) is 28.6 Å². The van der Waals surface area contributed by atoms with E-state index < -0.39 is 0 Å². The highest BCUT2D eigenvalue weighted by Crippen LogP contribution is 2.33. The summed E-state index contributed by atoms with van der Waals surface area (Å²) in [7, 11) is 0. The quantitative estimate of drug-likeness (QED) is 0.646. The molecule has 19 heavy (non-hydrogen) atoms. The molecule has 0 aliphatic heterocycles. The van der Waals surface area contributed by atoms with Crippen LogP contribution in [-0.2, 0) is 0 Å². The topological polar surface area (TPSA) is 20.2 Å². The van der Waals surface area contributed by atoms with Crippen molar-refractivity contribution in [1.29, 1.82) is 0 Å². The second kappa shape index (κ2) is 7.67. The summed E-state index contributed by atoms with van der Waals surface area (Å²) >= 11 is 0. The fourth-order valence-electron chi connectivity index (χ4n) is 3.33. The molecule has 116 valence electrons. The van der Waals surface area contributed by atoms with E-state index in [1.807, 2.05) is 0 Å². The molecule has 0 aromatic rings. The van der Waals surface area contributed by atoms with Gasteiger partial charge in [0.25, 0.3) is 0 Å². The fraction of sp³-hybridized carbons (Fsp3) is 1.00. The summed E-state index contributed by atoms with van der Waals surface area (Å²) < 4.78 is 0. The molecule has 0 aliphatic rings. The highest BCUT2D eigenvalue weighted by molar-refractivity contribution is 4.74. The maximum Gasteiger partial charge on any atom is 0.0461 e. The number of hydrogen-bond acceptors (Lipinski definition) is 1. The van der Waals surface area contributed by atoms with E-state index in [4.69, 9.17) is 0 Å². The Bertz CT molecular complexity index is 231. The predicted octanol–water partition coefficient (Wildman–Crippen LogP) is 5.52. The summed E-state index contributed by atoms with van der Waals surface area (Å²) in [6, 6.07) is 0. The van der Waals surface area contributed by atoms with E-state index in [1.165, 1.54) is 25.7 Å². The van der Waals surface area contributed by atoms with Crippen LogP contribution in [0.5, 0.6) is 0 Å². The minimum Gasteiger partial charge on any atom is -0.396 e. The van der Waals surface area contributed by atoms with Crippen LogP contribution in [0, 0.1) is 28.6 Å². The van der Waals surface area contributed by atoms with E-state index in [0.717, 1.165) is 5.92 Å². The van der Waals surface area contributed by atoms with Gasteiger partial charge in [0, 0.05) is 6.61 Å². The molecule has 0 unspecified atom stereocenters. The van der Waals surface area contributed by atoms with Crippen LogP contribution in [0.1, 0.15) is 81.1 Å². The largest absolute Gasteiger partial charge is 0.396 e. The minimum absolute atomic E-state index is 0.347. The Labute approximate surface area is 122 Å². The van der Waals surface area contributed by atoms with Gasteiger partial charge in [-0.3, -0.25) is 0 Å². The maximum absolute atomic E-state index is 9.64. The highest BCUT2D eigenvalue weighted by Gasteiger charge is 2.23. The van der Waals surface area contributed by atoms with Crippen molar-refractivity contribution < 1.29 is 5.11 Å². The van der Waals surface area contributed by atoms with Crippen molar-refractivity contribution >= 4 is 0 Å². The van der Waals surface area contributed by atoms with Crippen LogP contribution in [0.25, 0.3) is 0 Å². The number of hydrogen-bond donors (Lipinski definition) is 1. The van der Waals surface area contributed by atoms with Crippen LogP contribution < -0.4 is 0 Å². The number of aliphatic hydroxyl groups is 1. The van der Waals surface area contributed by atoms with Crippen molar-refractivity contribution in [3.63, 3.8) is 0 Å². The lowest BCUT2D eigenvalue weighted by Gasteiger charge is -2.30. The minimum atomic E-state index is 0.347. The smallest absolute Gasteiger partial charge is 0.0461 e. The van der Waals surface area contributed by atoms with E-state index in [0.29, 0.717) is 29.3 Å². The van der Waals surface area contributed by atoms with Crippen LogP contribution in [0.15, 0.2) is 0 Å². The Balaban J connectivity index is 4.19. The van der Waals surface area contributed by atoms with Crippen LogP contribution >= 0.6 is 0 Å². The molecule has 0 bridgehead atoms. The normalized spacial score (nSPS) is 18.2. The van der Waals surface area contributed by atoms with E-state index in [1.54, 1.807) is 0 Å². The molecular formula is C18H38O. The van der Waals surface area contributed by atoms with Gasteiger partial charge >= 0.3 is 0 Å². The van der Waals surface area contributed by atoms with Crippen LogP contribution in [0.2, 0.25) is 0 Å². The Kier molecular flexibility index (Phi) is 7.65. The lowest BCUT2D eigenvalue weighted by Crippen LogP contribution is -2.22. The zero-order chi connectivity index (χ0) is 15.3. The zero-order valence-electron chi connectivity index (χ0n) is 14.7. The molecule has 0 heterocycles. The SMILES string of the molecule is C[C@@H](CC[C@H](CO)[C@@H](C)CC(C)(C)C)CC(C)(C)C. The number of rotatable bonds is 7. The molecule has 0 saturated carbocycles. The molecule has 0 spiro atoms. The van der Waals surface area contributed by atoms with Gasteiger partial charge in [0.2, 0.25) is 0 Å². The van der Waals surface area contributed by atoms with Crippen molar-refractivity contribution in [2.75, 3.05) is 6.61 Å². The summed E-state index contributed by atoms with van der Waals surface area (Å²) in [5.74, 6) is 1.85. The van der Waals surface area contributed by atoms with Gasteiger partial charge in [-0.2, -0.15) is 0 Å². The first-order valence-corrected chi connectivity index (χ1v) is 8.05. The first-order valence-electron chi connectivity index (χ1n) is 8.05. The van der Waals surface area contributed by atoms with Gasteiger partial charge in [0.05, 0.1) is 0 Å². The maximum atomic E-state index is 9.64. The second-order valence-corrected chi connectivity index (χ2v) is 9.13. The first-order chi connectivity index (χ1) is 8.44. The molecule has 0 fully saturated rings. The van der Waals surface area contributed by atoms with Crippen molar-refractivity contribution in [3.8, 4) is 0 Å². The lowest BCUT2D eigenvalue weighted by atomic mass is 9.76. The molecule has 0 radical (unpaired) electrons. The zero-order valence-corrected chi connectivity index (χ0v) is 14.7. The van der Waals surface area contributed by atoms with Gasteiger partial charge in [-0.1, -0.05) is 61.8 Å². The molecule has 0 aliphatic carbocycles. The molecule has 0 rings (SSSR count). The Morgan fingerprint density at radius 3 is 1.63 bits per heavy atom. The average molecular weight is 271 g/mol. The van der Waals surface area contributed by atoms with Crippen molar-refractivity contribution in [2.45, 2.75) is 81.1 Å². The van der Waals surface area contributed by atoms with Gasteiger partial charge in [-0.05, 0) is 47.8 Å².